The van der Waals surface area contributed by atoms with Crippen molar-refractivity contribution in [3.05, 3.63) is 46.9 Å². The lowest BCUT2D eigenvalue weighted by atomic mass is 9.90. The Morgan fingerprint density at radius 3 is 2.56 bits per heavy atom. The number of piperidine rings is 2. The number of carbonyl (C=O) groups excluding carboxylic acids is 1. The second kappa shape index (κ2) is 7.43. The zero-order valence-corrected chi connectivity index (χ0v) is 19.0. The first-order chi connectivity index (χ1) is 15.2. The molecule has 3 saturated heterocycles. The minimum Gasteiger partial charge on any atom is -0.350 e. The molecule has 3 aromatic heterocycles. The molecule has 2 unspecified atom stereocenters. The Kier molecular flexibility index (Phi) is 4.79. The molecule has 9 nitrogen and oxygen atoms in total. The second-order valence-corrected chi connectivity index (χ2v) is 10.1. The third-order valence-electron chi connectivity index (χ3n) is 6.47. The average molecular weight is 436 g/mol. The van der Waals surface area contributed by atoms with Crippen LogP contribution in [0.3, 0.4) is 0 Å². The van der Waals surface area contributed by atoms with E-state index < -0.39 is 0 Å². The molecule has 0 aromatic carbocycles. The van der Waals surface area contributed by atoms with E-state index in [0.29, 0.717) is 24.4 Å². The molecular weight excluding hydrogens is 406 g/mol. The number of imidazole rings is 1. The van der Waals surface area contributed by atoms with Crippen LogP contribution in [-0.4, -0.2) is 60.1 Å². The van der Waals surface area contributed by atoms with Gasteiger partial charge >= 0.3 is 5.69 Å². The van der Waals surface area contributed by atoms with Crippen LogP contribution in [0.1, 0.15) is 44.1 Å². The van der Waals surface area contributed by atoms with Gasteiger partial charge in [-0.1, -0.05) is 20.8 Å². The van der Waals surface area contributed by atoms with E-state index in [2.05, 4.69) is 35.6 Å². The fourth-order valence-corrected chi connectivity index (χ4v) is 4.96. The van der Waals surface area contributed by atoms with Crippen LogP contribution in [0.5, 0.6) is 0 Å². The van der Waals surface area contributed by atoms with Gasteiger partial charge in [0, 0.05) is 51.2 Å². The van der Waals surface area contributed by atoms with Crippen LogP contribution in [0.4, 0.5) is 5.82 Å². The van der Waals surface area contributed by atoms with E-state index in [-0.39, 0.29) is 29.1 Å². The molecule has 3 fully saturated rings. The first-order valence-electron chi connectivity index (χ1n) is 11.1. The molecule has 0 N–H and O–H groups in total. The smallest absolute Gasteiger partial charge is 0.330 e. The largest absolute Gasteiger partial charge is 0.350 e. The monoisotopic (exact) mass is 435 g/mol. The molecule has 0 saturated carbocycles. The number of fused-ring (bicyclic) bond motifs is 4. The highest BCUT2D eigenvalue weighted by Crippen LogP contribution is 2.33. The van der Waals surface area contributed by atoms with Gasteiger partial charge in [0.2, 0.25) is 0 Å². The summed E-state index contributed by atoms with van der Waals surface area (Å²) in [5.74, 6) is 0.805. The molecule has 0 spiro atoms. The van der Waals surface area contributed by atoms with Gasteiger partial charge in [0.05, 0.1) is 11.7 Å². The number of rotatable bonds is 3. The molecule has 6 heterocycles. The summed E-state index contributed by atoms with van der Waals surface area (Å²) in [6.07, 6.45) is 6.64. The van der Waals surface area contributed by atoms with Gasteiger partial charge in [0.25, 0.3) is 5.91 Å². The van der Waals surface area contributed by atoms with Gasteiger partial charge in [-0.2, -0.15) is 0 Å². The maximum Gasteiger partial charge on any atom is 0.330 e. The number of piperazine rings is 1. The number of hydrogen-bond donors (Lipinski definition) is 0. The van der Waals surface area contributed by atoms with Gasteiger partial charge in [0.1, 0.15) is 11.5 Å². The molecule has 9 heteroatoms. The Labute approximate surface area is 186 Å². The zero-order valence-electron chi connectivity index (χ0n) is 19.0. The Balaban J connectivity index is 1.43. The Morgan fingerprint density at radius 2 is 1.91 bits per heavy atom. The first kappa shape index (κ1) is 20.7. The Morgan fingerprint density at radius 1 is 1.12 bits per heavy atom. The number of nitrogens with zero attached hydrogens (tertiary/aromatic N) is 7. The quantitative estimate of drug-likeness (QED) is 0.626. The van der Waals surface area contributed by atoms with E-state index in [1.165, 1.54) is 6.20 Å². The molecule has 2 bridgehead atoms. The summed E-state index contributed by atoms with van der Waals surface area (Å²) in [7, 11) is 1.78. The van der Waals surface area contributed by atoms with Crippen LogP contribution >= 0.6 is 0 Å². The average Bonchev–Trinajstić information content (AvgIpc) is 3.02. The van der Waals surface area contributed by atoms with E-state index in [4.69, 9.17) is 4.98 Å². The third-order valence-corrected chi connectivity index (χ3v) is 6.47. The third kappa shape index (κ3) is 3.45. The molecule has 0 aliphatic carbocycles. The summed E-state index contributed by atoms with van der Waals surface area (Å²) >= 11 is 0. The number of amides is 1. The second-order valence-electron chi connectivity index (χ2n) is 10.1. The van der Waals surface area contributed by atoms with Crippen LogP contribution in [0.25, 0.3) is 11.2 Å². The van der Waals surface area contributed by atoms with Crippen LogP contribution in [0, 0.1) is 5.41 Å². The van der Waals surface area contributed by atoms with E-state index in [1.807, 2.05) is 21.6 Å². The van der Waals surface area contributed by atoms with Gasteiger partial charge in [-0.05, 0) is 30.4 Å². The Hall–Kier alpha value is -3.23. The minimum atomic E-state index is -0.0579. The number of carbonyl (C=O) groups is 1. The molecule has 3 aliphatic rings. The predicted octanol–water partition coefficient (Wildman–Crippen LogP) is 2.06. The van der Waals surface area contributed by atoms with E-state index >= 15 is 0 Å². The molecule has 3 aliphatic heterocycles. The zero-order chi connectivity index (χ0) is 22.6. The van der Waals surface area contributed by atoms with Gasteiger partial charge in [-0.3, -0.25) is 18.9 Å². The number of anilines is 1. The molecule has 2 atom stereocenters. The Bertz CT molecular complexity index is 1220. The van der Waals surface area contributed by atoms with Crippen molar-refractivity contribution in [3.8, 4) is 0 Å². The van der Waals surface area contributed by atoms with Crippen molar-refractivity contribution in [2.75, 3.05) is 18.0 Å². The van der Waals surface area contributed by atoms with Crippen LogP contribution in [0.2, 0.25) is 0 Å². The van der Waals surface area contributed by atoms with Crippen LogP contribution in [-0.2, 0) is 13.6 Å². The maximum atomic E-state index is 13.0. The highest BCUT2D eigenvalue weighted by molar-refractivity contribution is 5.92. The van der Waals surface area contributed by atoms with Crippen molar-refractivity contribution in [3.63, 3.8) is 0 Å². The number of aryl methyl sites for hydroxylation is 1. The van der Waals surface area contributed by atoms with Gasteiger partial charge in [-0.25, -0.2) is 14.8 Å². The highest BCUT2D eigenvalue weighted by atomic mass is 16.2. The molecule has 32 heavy (non-hydrogen) atoms. The van der Waals surface area contributed by atoms with Crippen molar-refractivity contribution in [2.45, 2.75) is 52.2 Å². The molecule has 6 rings (SSSR count). The van der Waals surface area contributed by atoms with E-state index in [9.17, 15) is 9.59 Å². The first-order valence-corrected chi connectivity index (χ1v) is 11.1. The predicted molar refractivity (Wildman–Crippen MR) is 122 cm³/mol. The van der Waals surface area contributed by atoms with Gasteiger partial charge in [-0.15, -0.1) is 0 Å². The fourth-order valence-electron chi connectivity index (χ4n) is 4.96. The standard InChI is InChI=1S/C23H29N7O2/c1-23(2,3)14-30-18-7-8-19(26-20(18)27(4)22(30)32)28-12-16-6-5-15(28)13-29(16)21(31)17-11-24-9-10-25-17/h7-11,15-16H,5-6,12-14H2,1-4H3. The SMILES string of the molecule is Cn1c(=O)n(CC(C)(C)C)c2ccc(N3CC4CCC3CN4C(=O)c3cnccn3)nc21. The topological polar surface area (TPSA) is 89.2 Å². The fraction of sp³-hybridized carbons (Fsp3) is 0.522. The van der Waals surface area contributed by atoms with E-state index in [1.54, 1.807) is 24.0 Å². The summed E-state index contributed by atoms with van der Waals surface area (Å²) < 4.78 is 3.45. The minimum absolute atomic E-state index is 0.0120. The summed E-state index contributed by atoms with van der Waals surface area (Å²) in [6.45, 7) is 8.38. The number of hydrogen-bond acceptors (Lipinski definition) is 6. The summed E-state index contributed by atoms with van der Waals surface area (Å²) in [5.41, 5.74) is 1.90. The summed E-state index contributed by atoms with van der Waals surface area (Å²) in [4.78, 5) is 43.1. The lowest BCUT2D eigenvalue weighted by Gasteiger charge is -2.51. The van der Waals surface area contributed by atoms with Crippen LogP contribution < -0.4 is 10.6 Å². The highest BCUT2D eigenvalue weighted by Gasteiger charge is 2.42. The van der Waals surface area contributed by atoms with Crippen molar-refractivity contribution in [2.24, 2.45) is 12.5 Å². The summed E-state index contributed by atoms with van der Waals surface area (Å²) in [6, 6.07) is 4.33. The normalized spacial score (nSPS) is 20.9. The lowest BCUT2D eigenvalue weighted by molar-refractivity contribution is 0.0498. The number of aromatic nitrogens is 5. The lowest BCUT2D eigenvalue weighted by Crippen LogP contribution is -2.64. The molecular formula is C23H29N7O2. The molecule has 1 amide bonds. The van der Waals surface area contributed by atoms with E-state index in [0.717, 1.165) is 30.7 Å². The molecule has 3 aromatic rings. The number of pyridine rings is 1. The van der Waals surface area contributed by atoms with Gasteiger partial charge < -0.3 is 9.80 Å². The summed E-state index contributed by atoms with van der Waals surface area (Å²) in [5, 5.41) is 0. The van der Waals surface area contributed by atoms with Crippen molar-refractivity contribution >= 4 is 22.9 Å². The van der Waals surface area contributed by atoms with Gasteiger partial charge in [0.15, 0.2) is 5.65 Å². The van der Waals surface area contributed by atoms with Crippen molar-refractivity contribution < 1.29 is 4.79 Å². The van der Waals surface area contributed by atoms with Crippen molar-refractivity contribution in [1.82, 2.24) is 29.0 Å². The molecule has 0 radical (unpaired) electrons. The van der Waals surface area contributed by atoms with Crippen LogP contribution in [0.15, 0.2) is 35.5 Å². The molecule has 168 valence electrons. The van der Waals surface area contributed by atoms with Crippen molar-refractivity contribution in [1.29, 1.82) is 0 Å². The maximum absolute atomic E-state index is 13.0.